The van der Waals surface area contributed by atoms with Gasteiger partial charge in [0.05, 0.1) is 6.26 Å². The molecule has 0 spiro atoms. The molecule has 1 atom stereocenters. The number of rotatable bonds is 10. The van der Waals surface area contributed by atoms with Crippen LogP contribution >= 0.6 is 0 Å². The fraction of sp³-hybridized carbons (Fsp3) is 0.667. The van der Waals surface area contributed by atoms with Gasteiger partial charge in [0.2, 0.25) is 5.91 Å². The summed E-state index contributed by atoms with van der Waals surface area (Å²) >= 11 is 0. The van der Waals surface area contributed by atoms with Gasteiger partial charge in [-0.3, -0.25) is 9.59 Å². The van der Waals surface area contributed by atoms with Crippen molar-refractivity contribution in [1.29, 1.82) is 0 Å². The molecule has 0 radical (unpaired) electrons. The van der Waals surface area contributed by atoms with E-state index in [9.17, 15) is 9.59 Å². The summed E-state index contributed by atoms with van der Waals surface area (Å²) in [6.45, 7) is 6.96. The highest BCUT2D eigenvalue weighted by Gasteiger charge is 2.18. The van der Waals surface area contributed by atoms with Crippen molar-refractivity contribution in [3.8, 4) is 0 Å². The molecule has 18 heavy (non-hydrogen) atoms. The maximum Gasteiger partial charge on any atom is 0.258 e. The second-order valence-corrected chi connectivity index (χ2v) is 3.71. The first-order valence-electron chi connectivity index (χ1n) is 6.09. The molecule has 0 saturated carbocycles. The highest BCUT2D eigenvalue weighted by atomic mass is 16.5. The largest absolute Gasteiger partial charge is 0.492 e. The van der Waals surface area contributed by atoms with E-state index >= 15 is 0 Å². The molecule has 0 aromatic carbocycles. The molecule has 0 unspecified atom stereocenters. The molecule has 0 aliphatic heterocycles. The minimum absolute atomic E-state index is 0.121. The minimum atomic E-state index is -0.519. The van der Waals surface area contributed by atoms with Crippen LogP contribution < -0.4 is 16.0 Å². The fourth-order valence-corrected chi connectivity index (χ4v) is 1.42. The van der Waals surface area contributed by atoms with Gasteiger partial charge in [-0.15, -0.1) is 0 Å². The number of nitrogens with one attached hydrogen (secondary N) is 3. The number of amides is 2. The second kappa shape index (κ2) is 10.6. The molecule has 6 heteroatoms. The molecule has 2 amide bonds. The van der Waals surface area contributed by atoms with E-state index in [4.69, 9.17) is 4.74 Å². The topological polar surface area (TPSA) is 79.5 Å². The van der Waals surface area contributed by atoms with Gasteiger partial charge in [0, 0.05) is 7.05 Å². The number of carbonyl (C=O) groups excluding carboxylic acids is 2. The van der Waals surface area contributed by atoms with Gasteiger partial charge in [0.25, 0.3) is 5.91 Å². The van der Waals surface area contributed by atoms with Crippen molar-refractivity contribution in [2.24, 2.45) is 0 Å². The molecule has 6 nitrogen and oxygen atoms in total. The number of ether oxygens (including phenoxy) is 1. The normalized spacial score (nSPS) is 11.4. The quantitative estimate of drug-likeness (QED) is 0.373. The van der Waals surface area contributed by atoms with Crippen LogP contribution in [0.25, 0.3) is 0 Å². The molecule has 0 aliphatic carbocycles. The molecule has 0 heterocycles. The maximum atomic E-state index is 11.6. The Balaban J connectivity index is 4.09. The van der Waals surface area contributed by atoms with Crippen molar-refractivity contribution >= 4 is 11.8 Å². The van der Waals surface area contributed by atoms with E-state index in [2.05, 4.69) is 22.5 Å². The number of hydrogen-bond donors (Lipinski definition) is 3. The SMILES string of the molecule is C=COCC(=O)N[C@@H](CCCNCC)C(=O)NC. The molecule has 104 valence electrons. The second-order valence-electron chi connectivity index (χ2n) is 3.71. The van der Waals surface area contributed by atoms with Crippen LogP contribution in [-0.2, 0) is 14.3 Å². The molecule has 0 rings (SSSR count). The average molecular weight is 257 g/mol. The van der Waals surface area contributed by atoms with E-state index < -0.39 is 6.04 Å². The van der Waals surface area contributed by atoms with Crippen molar-refractivity contribution in [3.05, 3.63) is 12.8 Å². The first-order chi connectivity index (χ1) is 8.65. The number of likely N-dealkylation sites (N-methyl/N-ethyl adjacent to an activating group) is 1. The molecule has 0 fully saturated rings. The Labute approximate surface area is 108 Å². The minimum Gasteiger partial charge on any atom is -0.492 e. The molecule has 0 saturated heterocycles. The smallest absolute Gasteiger partial charge is 0.258 e. The van der Waals surface area contributed by atoms with E-state index in [-0.39, 0.29) is 18.4 Å². The van der Waals surface area contributed by atoms with Crippen LogP contribution in [0.2, 0.25) is 0 Å². The van der Waals surface area contributed by atoms with Crippen molar-refractivity contribution in [3.63, 3.8) is 0 Å². The average Bonchev–Trinajstić information content (AvgIpc) is 2.38. The van der Waals surface area contributed by atoms with Crippen LogP contribution in [0, 0.1) is 0 Å². The summed E-state index contributed by atoms with van der Waals surface area (Å²) in [6.07, 6.45) is 2.60. The van der Waals surface area contributed by atoms with Gasteiger partial charge in [0.15, 0.2) is 6.61 Å². The first kappa shape index (κ1) is 16.4. The van der Waals surface area contributed by atoms with Crippen molar-refractivity contribution in [2.45, 2.75) is 25.8 Å². The summed E-state index contributed by atoms with van der Waals surface area (Å²) < 4.78 is 4.76. The Hall–Kier alpha value is -1.56. The summed E-state index contributed by atoms with van der Waals surface area (Å²) in [5.41, 5.74) is 0. The van der Waals surface area contributed by atoms with Crippen LogP contribution in [-0.4, -0.2) is 44.6 Å². The van der Waals surface area contributed by atoms with Crippen molar-refractivity contribution < 1.29 is 14.3 Å². The predicted octanol–water partition coefficient (Wildman–Crippen LogP) is -0.233. The highest BCUT2D eigenvalue weighted by molar-refractivity contribution is 5.87. The molecular formula is C12H23N3O3. The lowest BCUT2D eigenvalue weighted by atomic mass is 10.1. The third-order valence-corrected chi connectivity index (χ3v) is 2.33. The van der Waals surface area contributed by atoms with Crippen molar-refractivity contribution in [1.82, 2.24) is 16.0 Å². The van der Waals surface area contributed by atoms with E-state index in [0.29, 0.717) is 6.42 Å². The van der Waals surface area contributed by atoms with Crippen LogP contribution in [0.3, 0.4) is 0 Å². The molecule has 3 N–H and O–H groups in total. The van der Waals surface area contributed by atoms with Crippen LogP contribution in [0.5, 0.6) is 0 Å². The van der Waals surface area contributed by atoms with Gasteiger partial charge in [-0.2, -0.15) is 0 Å². The fourth-order valence-electron chi connectivity index (χ4n) is 1.42. The monoisotopic (exact) mass is 257 g/mol. The lowest BCUT2D eigenvalue weighted by molar-refractivity contribution is -0.130. The summed E-state index contributed by atoms with van der Waals surface area (Å²) in [4.78, 5) is 23.0. The first-order valence-corrected chi connectivity index (χ1v) is 6.09. The third kappa shape index (κ3) is 7.67. The van der Waals surface area contributed by atoms with E-state index in [1.54, 1.807) is 7.05 Å². The molecule has 0 aromatic heterocycles. The van der Waals surface area contributed by atoms with Gasteiger partial charge in [-0.1, -0.05) is 13.5 Å². The van der Waals surface area contributed by atoms with Crippen molar-refractivity contribution in [2.75, 3.05) is 26.7 Å². The Morgan fingerprint density at radius 1 is 1.44 bits per heavy atom. The van der Waals surface area contributed by atoms with Gasteiger partial charge < -0.3 is 20.7 Å². The number of carbonyl (C=O) groups is 2. The standard InChI is InChI=1S/C12H23N3O3/c1-4-14-8-6-7-10(12(17)13-3)15-11(16)9-18-5-2/h5,10,14H,2,4,6-9H2,1,3H3,(H,13,17)(H,15,16)/t10-/m0/s1. The van der Waals surface area contributed by atoms with Gasteiger partial charge in [-0.25, -0.2) is 0 Å². The zero-order chi connectivity index (χ0) is 13.8. The molecule has 0 bridgehead atoms. The van der Waals surface area contributed by atoms with Crippen LogP contribution in [0.15, 0.2) is 12.8 Å². The summed E-state index contributed by atoms with van der Waals surface area (Å²) in [5, 5.41) is 8.33. The molecule has 0 aromatic rings. The highest BCUT2D eigenvalue weighted by Crippen LogP contribution is 1.97. The number of hydrogen-bond acceptors (Lipinski definition) is 4. The van der Waals surface area contributed by atoms with Crippen LogP contribution in [0.1, 0.15) is 19.8 Å². The van der Waals surface area contributed by atoms with E-state index in [1.807, 2.05) is 6.92 Å². The lowest BCUT2D eigenvalue weighted by Gasteiger charge is -2.17. The van der Waals surface area contributed by atoms with Gasteiger partial charge >= 0.3 is 0 Å². The van der Waals surface area contributed by atoms with Gasteiger partial charge in [0.1, 0.15) is 6.04 Å². The van der Waals surface area contributed by atoms with E-state index in [0.717, 1.165) is 19.5 Å². The Bertz CT molecular complexity index is 269. The Morgan fingerprint density at radius 3 is 2.72 bits per heavy atom. The summed E-state index contributed by atoms with van der Waals surface area (Å²) in [6, 6.07) is -0.519. The zero-order valence-electron chi connectivity index (χ0n) is 11.1. The Morgan fingerprint density at radius 2 is 2.17 bits per heavy atom. The molecule has 0 aliphatic rings. The summed E-state index contributed by atoms with van der Waals surface area (Å²) in [5.74, 6) is -0.523. The zero-order valence-corrected chi connectivity index (χ0v) is 11.1. The van der Waals surface area contributed by atoms with Gasteiger partial charge in [-0.05, 0) is 25.9 Å². The van der Waals surface area contributed by atoms with Crippen LogP contribution in [0.4, 0.5) is 0 Å². The third-order valence-electron chi connectivity index (χ3n) is 2.33. The van der Waals surface area contributed by atoms with E-state index in [1.165, 1.54) is 6.26 Å². The maximum absolute atomic E-state index is 11.6. The Kier molecular flexibility index (Phi) is 9.67. The lowest BCUT2D eigenvalue weighted by Crippen LogP contribution is -2.47. The summed E-state index contributed by atoms with van der Waals surface area (Å²) in [7, 11) is 1.55. The predicted molar refractivity (Wildman–Crippen MR) is 69.9 cm³/mol. The molecular weight excluding hydrogens is 234 g/mol.